The third-order valence-corrected chi connectivity index (χ3v) is 1.88. The minimum Gasteiger partial charge on any atom is -0.318 e. The van der Waals surface area contributed by atoms with E-state index in [1.807, 2.05) is 0 Å². The van der Waals surface area contributed by atoms with Gasteiger partial charge in [0.2, 0.25) is 0 Å². The molecule has 0 spiro atoms. The third-order valence-electron chi connectivity index (χ3n) is 1.88. The summed E-state index contributed by atoms with van der Waals surface area (Å²) in [5.74, 6) is -1.23. The van der Waals surface area contributed by atoms with Gasteiger partial charge in [0.05, 0.1) is 11.3 Å². The molecule has 0 fully saturated rings. The van der Waals surface area contributed by atoms with E-state index < -0.39 is 11.7 Å². The van der Waals surface area contributed by atoms with Gasteiger partial charge in [-0.15, -0.1) is 0 Å². The van der Waals surface area contributed by atoms with Gasteiger partial charge in [-0.3, -0.25) is 14.4 Å². The Hall–Kier alpha value is -1.97. The quantitative estimate of drug-likeness (QED) is 0.503. The van der Waals surface area contributed by atoms with Crippen molar-refractivity contribution in [1.82, 2.24) is 0 Å². The maximum atomic E-state index is 11.1. The molecule has 1 aromatic carbocycles. The smallest absolute Gasteiger partial charge is 0.296 e. The minimum atomic E-state index is -0.641. The van der Waals surface area contributed by atoms with E-state index in [4.69, 9.17) is 0 Å². The Morgan fingerprint density at radius 3 is 2.69 bits per heavy atom. The van der Waals surface area contributed by atoms with Gasteiger partial charge in [-0.2, -0.15) is 0 Å². The zero-order chi connectivity index (χ0) is 9.42. The molecule has 0 aromatic heterocycles. The summed E-state index contributed by atoms with van der Waals surface area (Å²) in [6, 6.07) is 4.50. The van der Waals surface area contributed by atoms with Gasteiger partial charge in [0.15, 0.2) is 0 Å². The lowest BCUT2D eigenvalue weighted by molar-refractivity contribution is -0.112. The Balaban J connectivity index is 2.60. The topological polar surface area (TPSA) is 63.2 Å². The number of rotatable bonds is 1. The summed E-state index contributed by atoms with van der Waals surface area (Å²) in [4.78, 5) is 32.4. The van der Waals surface area contributed by atoms with E-state index in [1.165, 1.54) is 6.07 Å². The zero-order valence-electron chi connectivity index (χ0n) is 6.53. The molecule has 0 atom stereocenters. The first-order chi connectivity index (χ1) is 6.22. The lowest BCUT2D eigenvalue weighted by Crippen LogP contribution is -2.12. The van der Waals surface area contributed by atoms with E-state index in [-0.39, 0.29) is 5.56 Å². The number of carbonyl (C=O) groups is 3. The highest BCUT2D eigenvalue weighted by molar-refractivity contribution is 6.51. The number of anilines is 1. The minimum absolute atomic E-state index is 0.273. The van der Waals surface area contributed by atoms with Gasteiger partial charge >= 0.3 is 0 Å². The van der Waals surface area contributed by atoms with Gasteiger partial charge < -0.3 is 5.32 Å². The van der Waals surface area contributed by atoms with Gasteiger partial charge in [-0.05, 0) is 18.2 Å². The fraction of sp³-hybridized carbons (Fsp3) is 0. The summed E-state index contributed by atoms with van der Waals surface area (Å²) >= 11 is 0. The molecule has 2 rings (SSSR count). The molecule has 1 amide bonds. The molecule has 4 heteroatoms. The zero-order valence-corrected chi connectivity index (χ0v) is 6.53. The predicted octanol–water partition coefficient (Wildman–Crippen LogP) is 0.634. The average Bonchev–Trinajstić information content (AvgIpc) is 2.43. The first kappa shape index (κ1) is 7.67. The molecule has 1 heterocycles. The molecule has 1 aliphatic heterocycles. The monoisotopic (exact) mass is 175 g/mol. The van der Waals surface area contributed by atoms with Crippen molar-refractivity contribution >= 4 is 23.7 Å². The van der Waals surface area contributed by atoms with Crippen molar-refractivity contribution in [2.45, 2.75) is 0 Å². The lowest BCUT2D eigenvalue weighted by Gasteiger charge is -1.95. The van der Waals surface area contributed by atoms with Gasteiger partial charge in [0.25, 0.3) is 11.7 Å². The summed E-state index contributed by atoms with van der Waals surface area (Å²) in [5.41, 5.74) is 1.14. The maximum Gasteiger partial charge on any atom is 0.296 e. The SMILES string of the molecule is O=Cc1ccc2c(c1)C(=O)C(=O)N2. The van der Waals surface area contributed by atoms with Gasteiger partial charge in [0, 0.05) is 5.56 Å². The molecule has 0 radical (unpaired) electrons. The second-order valence-electron chi connectivity index (χ2n) is 2.71. The molecular formula is C9H5NO3. The number of amides is 1. The van der Waals surface area contributed by atoms with Crippen molar-refractivity contribution in [2.24, 2.45) is 0 Å². The van der Waals surface area contributed by atoms with Gasteiger partial charge in [0.1, 0.15) is 6.29 Å². The van der Waals surface area contributed by atoms with Crippen LogP contribution in [0.25, 0.3) is 0 Å². The lowest BCUT2D eigenvalue weighted by atomic mass is 10.1. The van der Waals surface area contributed by atoms with E-state index in [9.17, 15) is 14.4 Å². The highest BCUT2D eigenvalue weighted by Crippen LogP contribution is 2.23. The Bertz CT molecular complexity index is 423. The maximum absolute atomic E-state index is 11.1. The molecule has 0 saturated carbocycles. The van der Waals surface area contributed by atoms with E-state index in [0.29, 0.717) is 17.5 Å². The van der Waals surface area contributed by atoms with Crippen LogP contribution in [0.4, 0.5) is 5.69 Å². The molecule has 0 bridgehead atoms. The van der Waals surface area contributed by atoms with Crippen molar-refractivity contribution in [1.29, 1.82) is 0 Å². The molecule has 13 heavy (non-hydrogen) atoms. The normalized spacial score (nSPS) is 13.8. The Morgan fingerprint density at radius 1 is 1.23 bits per heavy atom. The second-order valence-corrected chi connectivity index (χ2v) is 2.71. The standard InChI is InChI=1S/C9H5NO3/c11-4-5-1-2-7-6(3-5)8(12)9(13)10-7/h1-4H,(H,10,12,13). The number of ketones is 1. The fourth-order valence-electron chi connectivity index (χ4n) is 1.23. The molecular weight excluding hydrogens is 170 g/mol. The average molecular weight is 175 g/mol. The second kappa shape index (κ2) is 2.52. The van der Waals surface area contributed by atoms with Crippen LogP contribution in [-0.4, -0.2) is 18.0 Å². The van der Waals surface area contributed by atoms with Crippen LogP contribution in [0.2, 0.25) is 0 Å². The molecule has 0 unspecified atom stereocenters. The van der Waals surface area contributed by atoms with E-state index >= 15 is 0 Å². The first-order valence-electron chi connectivity index (χ1n) is 3.67. The summed E-state index contributed by atoms with van der Waals surface area (Å²) < 4.78 is 0. The number of nitrogens with one attached hydrogen (secondary N) is 1. The fourth-order valence-corrected chi connectivity index (χ4v) is 1.23. The molecule has 0 aliphatic carbocycles. The molecule has 4 nitrogen and oxygen atoms in total. The highest BCUT2D eigenvalue weighted by Gasteiger charge is 2.27. The molecule has 64 valence electrons. The largest absolute Gasteiger partial charge is 0.318 e. The molecule has 1 aliphatic rings. The molecule has 0 saturated heterocycles. The number of hydrogen-bond acceptors (Lipinski definition) is 3. The van der Waals surface area contributed by atoms with Crippen LogP contribution in [0.5, 0.6) is 0 Å². The van der Waals surface area contributed by atoms with Crippen molar-refractivity contribution in [2.75, 3.05) is 5.32 Å². The number of hydrogen-bond donors (Lipinski definition) is 1. The highest BCUT2D eigenvalue weighted by atomic mass is 16.2. The number of aldehydes is 1. The van der Waals surface area contributed by atoms with Crippen molar-refractivity contribution in [3.05, 3.63) is 29.3 Å². The van der Waals surface area contributed by atoms with Crippen molar-refractivity contribution in [3.63, 3.8) is 0 Å². The number of fused-ring (bicyclic) bond motifs is 1. The van der Waals surface area contributed by atoms with Crippen LogP contribution >= 0.6 is 0 Å². The van der Waals surface area contributed by atoms with Crippen molar-refractivity contribution < 1.29 is 14.4 Å². The van der Waals surface area contributed by atoms with Crippen LogP contribution in [0.1, 0.15) is 20.7 Å². The number of Topliss-reactive ketones (excluding diaryl/α,β-unsaturated/α-hetero) is 1. The van der Waals surface area contributed by atoms with Gasteiger partial charge in [-0.1, -0.05) is 0 Å². The molecule has 1 N–H and O–H groups in total. The number of benzene rings is 1. The van der Waals surface area contributed by atoms with Crippen LogP contribution in [0.3, 0.4) is 0 Å². The number of carbonyl (C=O) groups excluding carboxylic acids is 3. The van der Waals surface area contributed by atoms with E-state index in [2.05, 4.69) is 5.32 Å². The Morgan fingerprint density at radius 2 is 2.00 bits per heavy atom. The Kier molecular flexibility index (Phi) is 1.48. The summed E-state index contributed by atoms with van der Waals surface area (Å²) in [5, 5.41) is 2.39. The molecule has 1 aromatic rings. The van der Waals surface area contributed by atoms with Crippen molar-refractivity contribution in [3.8, 4) is 0 Å². The third kappa shape index (κ3) is 1.03. The van der Waals surface area contributed by atoms with Crippen LogP contribution in [-0.2, 0) is 4.79 Å². The first-order valence-corrected chi connectivity index (χ1v) is 3.67. The summed E-state index contributed by atoms with van der Waals surface area (Å²) in [6.45, 7) is 0. The van der Waals surface area contributed by atoms with Gasteiger partial charge in [-0.25, -0.2) is 0 Å². The Labute approximate surface area is 73.6 Å². The van der Waals surface area contributed by atoms with E-state index in [1.54, 1.807) is 12.1 Å². The van der Waals surface area contributed by atoms with Crippen LogP contribution < -0.4 is 5.32 Å². The van der Waals surface area contributed by atoms with E-state index in [0.717, 1.165) is 0 Å². The summed E-state index contributed by atoms with van der Waals surface area (Å²) in [6.07, 6.45) is 0.635. The predicted molar refractivity (Wildman–Crippen MR) is 44.8 cm³/mol. The van der Waals surface area contributed by atoms with Crippen LogP contribution in [0.15, 0.2) is 18.2 Å². The summed E-state index contributed by atoms with van der Waals surface area (Å²) in [7, 11) is 0. The van der Waals surface area contributed by atoms with Crippen LogP contribution in [0, 0.1) is 0 Å².